The molecule has 0 aliphatic rings. The van der Waals surface area contributed by atoms with E-state index in [1.807, 2.05) is 13.8 Å². The van der Waals surface area contributed by atoms with Gasteiger partial charge in [0.25, 0.3) is 0 Å². The molecular weight excluding hydrogens is 184 g/mol. The molecule has 0 aliphatic heterocycles. The number of hydrogen-bond donors (Lipinski definition) is 1. The van der Waals surface area contributed by atoms with Crippen LogP contribution in [0.4, 0.5) is 0 Å². The molecule has 0 radical (unpaired) electrons. The molecule has 0 spiro atoms. The van der Waals surface area contributed by atoms with Gasteiger partial charge in [-0.05, 0) is 12.8 Å². The number of carbonyl (C=O) groups excluding carboxylic acids is 1. The molecule has 0 rings (SSSR count). The highest BCUT2D eigenvalue weighted by atomic mass is 32.1. The van der Waals surface area contributed by atoms with Crippen molar-refractivity contribution in [3.63, 3.8) is 0 Å². The van der Waals surface area contributed by atoms with Gasteiger partial charge in [0.1, 0.15) is 0 Å². The van der Waals surface area contributed by atoms with Crippen LogP contribution in [0.3, 0.4) is 0 Å². The Morgan fingerprint density at radius 3 is 1.85 bits per heavy atom. The first kappa shape index (κ1) is 12.4. The second-order valence-corrected chi connectivity index (χ2v) is 3.79. The summed E-state index contributed by atoms with van der Waals surface area (Å²) in [5, 5.41) is 0. The zero-order valence-electron chi connectivity index (χ0n) is 8.76. The Morgan fingerprint density at radius 1 is 1.38 bits per heavy atom. The van der Waals surface area contributed by atoms with E-state index in [4.69, 9.17) is 18.0 Å². The number of carbonyl (C=O) groups is 1. The molecule has 0 saturated heterocycles. The molecule has 0 aliphatic carbocycles. The van der Waals surface area contributed by atoms with Gasteiger partial charge in [-0.15, -0.1) is 0 Å². The van der Waals surface area contributed by atoms with Crippen molar-refractivity contribution in [3.8, 4) is 0 Å². The van der Waals surface area contributed by atoms with Crippen LogP contribution in [0.2, 0.25) is 0 Å². The average molecular weight is 202 g/mol. The highest BCUT2D eigenvalue weighted by molar-refractivity contribution is 7.80. The lowest BCUT2D eigenvalue weighted by Crippen LogP contribution is -2.47. The number of amides is 1. The standard InChI is InChI=1S/C9H18N2OS/c1-5-9(6-2,7(10)13)8(12)11(3)4/h5-6H2,1-4H3,(H2,10,13). The van der Waals surface area contributed by atoms with Crippen molar-refractivity contribution in [2.45, 2.75) is 26.7 Å². The summed E-state index contributed by atoms with van der Waals surface area (Å²) in [7, 11) is 3.45. The minimum atomic E-state index is -0.640. The molecule has 3 nitrogen and oxygen atoms in total. The van der Waals surface area contributed by atoms with Gasteiger partial charge in [0.05, 0.1) is 10.4 Å². The Balaban J connectivity index is 4.98. The topological polar surface area (TPSA) is 46.3 Å². The fraction of sp³-hybridized carbons (Fsp3) is 0.778. The summed E-state index contributed by atoms with van der Waals surface area (Å²) in [6, 6.07) is 0. The lowest BCUT2D eigenvalue weighted by Gasteiger charge is -2.31. The lowest BCUT2D eigenvalue weighted by molar-refractivity contribution is -0.136. The molecule has 0 aromatic carbocycles. The molecule has 0 heterocycles. The first-order valence-corrected chi connectivity index (χ1v) is 4.84. The predicted octanol–water partition coefficient (Wildman–Crippen LogP) is 1.17. The van der Waals surface area contributed by atoms with E-state index in [2.05, 4.69) is 0 Å². The SMILES string of the molecule is CCC(CC)(C(=O)N(C)C)C(N)=S. The van der Waals surface area contributed by atoms with Gasteiger partial charge in [-0.3, -0.25) is 4.79 Å². The molecular formula is C9H18N2OS. The molecule has 0 atom stereocenters. The molecule has 0 aromatic rings. The van der Waals surface area contributed by atoms with Crippen LogP contribution >= 0.6 is 12.2 Å². The van der Waals surface area contributed by atoms with Gasteiger partial charge in [0.2, 0.25) is 5.91 Å². The third kappa shape index (κ3) is 2.18. The monoisotopic (exact) mass is 202 g/mol. The van der Waals surface area contributed by atoms with E-state index < -0.39 is 5.41 Å². The molecule has 0 bridgehead atoms. The smallest absolute Gasteiger partial charge is 0.235 e. The molecule has 0 aromatic heterocycles. The first-order chi connectivity index (χ1) is 5.92. The molecule has 0 fully saturated rings. The van der Waals surface area contributed by atoms with Crippen LogP contribution in [0.25, 0.3) is 0 Å². The van der Waals surface area contributed by atoms with Crippen LogP contribution in [-0.4, -0.2) is 29.9 Å². The molecule has 4 heteroatoms. The fourth-order valence-corrected chi connectivity index (χ4v) is 1.81. The predicted molar refractivity (Wildman–Crippen MR) is 58.5 cm³/mol. The zero-order valence-corrected chi connectivity index (χ0v) is 9.57. The summed E-state index contributed by atoms with van der Waals surface area (Å²) in [6.45, 7) is 3.87. The van der Waals surface area contributed by atoms with Crippen LogP contribution in [0.5, 0.6) is 0 Å². The van der Waals surface area contributed by atoms with Crippen molar-refractivity contribution in [1.82, 2.24) is 4.90 Å². The van der Waals surface area contributed by atoms with Crippen LogP contribution in [-0.2, 0) is 4.79 Å². The largest absolute Gasteiger partial charge is 0.392 e. The van der Waals surface area contributed by atoms with Gasteiger partial charge in [-0.2, -0.15) is 0 Å². The second kappa shape index (κ2) is 4.56. The van der Waals surface area contributed by atoms with E-state index in [1.165, 1.54) is 0 Å². The summed E-state index contributed by atoms with van der Waals surface area (Å²) in [5.74, 6) is 0.00463. The minimum Gasteiger partial charge on any atom is -0.392 e. The van der Waals surface area contributed by atoms with Crippen LogP contribution in [0.15, 0.2) is 0 Å². The number of nitrogens with two attached hydrogens (primary N) is 1. The maximum atomic E-state index is 11.8. The van der Waals surface area contributed by atoms with Crippen LogP contribution < -0.4 is 5.73 Å². The number of rotatable bonds is 4. The third-order valence-corrected chi connectivity index (χ3v) is 2.89. The number of hydrogen-bond acceptors (Lipinski definition) is 2. The average Bonchev–Trinajstić information content (AvgIpc) is 2.06. The zero-order chi connectivity index (χ0) is 10.6. The highest BCUT2D eigenvalue weighted by Crippen LogP contribution is 2.28. The molecule has 0 saturated carbocycles. The normalized spacial score (nSPS) is 11.1. The quantitative estimate of drug-likeness (QED) is 0.696. The van der Waals surface area contributed by atoms with Crippen molar-refractivity contribution in [1.29, 1.82) is 0 Å². The van der Waals surface area contributed by atoms with Crippen LogP contribution in [0.1, 0.15) is 26.7 Å². The minimum absolute atomic E-state index is 0.00463. The van der Waals surface area contributed by atoms with Gasteiger partial charge in [0.15, 0.2) is 0 Å². The van der Waals surface area contributed by atoms with E-state index in [-0.39, 0.29) is 5.91 Å². The van der Waals surface area contributed by atoms with Crippen molar-refractivity contribution < 1.29 is 4.79 Å². The van der Waals surface area contributed by atoms with Crippen molar-refractivity contribution in [2.75, 3.05) is 14.1 Å². The Bertz CT molecular complexity index is 210. The summed E-state index contributed by atoms with van der Waals surface area (Å²) in [5.41, 5.74) is 4.98. The summed E-state index contributed by atoms with van der Waals surface area (Å²) in [4.78, 5) is 13.7. The van der Waals surface area contributed by atoms with E-state index in [0.29, 0.717) is 17.8 Å². The fourth-order valence-electron chi connectivity index (χ4n) is 1.43. The van der Waals surface area contributed by atoms with Gasteiger partial charge in [-0.1, -0.05) is 26.1 Å². The second-order valence-electron chi connectivity index (χ2n) is 3.35. The summed E-state index contributed by atoms with van der Waals surface area (Å²) >= 11 is 4.95. The van der Waals surface area contributed by atoms with Gasteiger partial charge in [-0.25, -0.2) is 0 Å². The highest BCUT2D eigenvalue weighted by Gasteiger charge is 2.38. The molecule has 76 valence electrons. The number of nitrogens with zero attached hydrogens (tertiary/aromatic N) is 1. The van der Waals surface area contributed by atoms with Gasteiger partial charge < -0.3 is 10.6 Å². The third-order valence-electron chi connectivity index (χ3n) is 2.49. The summed E-state index contributed by atoms with van der Waals surface area (Å²) < 4.78 is 0. The Kier molecular flexibility index (Phi) is 4.33. The van der Waals surface area contributed by atoms with E-state index in [0.717, 1.165) is 0 Å². The molecule has 0 unspecified atom stereocenters. The van der Waals surface area contributed by atoms with E-state index >= 15 is 0 Å². The Morgan fingerprint density at radius 2 is 1.77 bits per heavy atom. The molecule has 2 N–H and O–H groups in total. The van der Waals surface area contributed by atoms with Gasteiger partial charge in [0, 0.05) is 14.1 Å². The maximum absolute atomic E-state index is 11.8. The molecule has 1 amide bonds. The summed E-state index contributed by atoms with van der Waals surface area (Å²) in [6.07, 6.45) is 1.33. The van der Waals surface area contributed by atoms with Gasteiger partial charge >= 0.3 is 0 Å². The van der Waals surface area contributed by atoms with Crippen molar-refractivity contribution in [3.05, 3.63) is 0 Å². The van der Waals surface area contributed by atoms with Crippen molar-refractivity contribution in [2.24, 2.45) is 11.1 Å². The van der Waals surface area contributed by atoms with Crippen LogP contribution in [0, 0.1) is 5.41 Å². The van der Waals surface area contributed by atoms with E-state index in [1.54, 1.807) is 19.0 Å². The Labute approximate surface area is 85.3 Å². The molecule has 13 heavy (non-hydrogen) atoms. The van der Waals surface area contributed by atoms with Crippen molar-refractivity contribution >= 4 is 23.1 Å². The number of thiocarbonyl (C=S) groups is 1. The van der Waals surface area contributed by atoms with E-state index in [9.17, 15) is 4.79 Å². The lowest BCUT2D eigenvalue weighted by atomic mass is 9.81. The maximum Gasteiger partial charge on any atom is 0.235 e. The Hall–Kier alpha value is -0.640. The first-order valence-electron chi connectivity index (χ1n) is 4.44.